The monoisotopic (exact) mass is 427 g/mol. The zero-order valence-corrected chi connectivity index (χ0v) is 18.1. The Labute approximate surface area is 180 Å². The molecular formula is C24H27F2N3O2. The van der Waals surface area contributed by atoms with Crippen LogP contribution >= 0.6 is 0 Å². The number of aryl methyl sites for hydroxylation is 1. The van der Waals surface area contributed by atoms with Gasteiger partial charge in [0.25, 0.3) is 0 Å². The van der Waals surface area contributed by atoms with Gasteiger partial charge >= 0.3 is 0 Å². The van der Waals surface area contributed by atoms with Gasteiger partial charge in [0.1, 0.15) is 17.3 Å². The van der Waals surface area contributed by atoms with Crippen LogP contribution < -0.4 is 0 Å². The van der Waals surface area contributed by atoms with Crippen LogP contribution in [0.25, 0.3) is 16.9 Å². The van der Waals surface area contributed by atoms with E-state index in [2.05, 4.69) is 16.9 Å². The molecule has 0 saturated carbocycles. The molecule has 5 rings (SSSR count). The second-order valence-corrected chi connectivity index (χ2v) is 9.17. The molecule has 31 heavy (non-hydrogen) atoms. The number of morpholine rings is 1. The van der Waals surface area contributed by atoms with Crippen LogP contribution in [0.1, 0.15) is 23.7 Å². The molecule has 7 heteroatoms. The number of pyridine rings is 1. The minimum absolute atomic E-state index is 0.0601. The molecule has 5 nitrogen and oxygen atoms in total. The third-order valence-electron chi connectivity index (χ3n) is 6.46. The molecule has 2 saturated heterocycles. The van der Waals surface area contributed by atoms with Gasteiger partial charge in [-0.2, -0.15) is 0 Å². The number of ether oxygens (including phenoxy) is 2. The van der Waals surface area contributed by atoms with E-state index in [0.29, 0.717) is 43.1 Å². The molecule has 1 atom stereocenters. The van der Waals surface area contributed by atoms with Crippen molar-refractivity contribution in [1.29, 1.82) is 0 Å². The van der Waals surface area contributed by atoms with Gasteiger partial charge in [0, 0.05) is 31.1 Å². The molecule has 1 unspecified atom stereocenters. The normalized spacial score (nSPS) is 21.4. The van der Waals surface area contributed by atoms with E-state index in [-0.39, 0.29) is 17.1 Å². The zero-order chi connectivity index (χ0) is 21.8. The SMILES string of the molecule is Cc1ccn2c(CC3CN(C)CCO3)c(-c3c(F)cc(C4(C)COC4)cc3F)nc2c1. The first-order valence-corrected chi connectivity index (χ1v) is 10.7. The van der Waals surface area contributed by atoms with Crippen LogP contribution in [0.4, 0.5) is 8.78 Å². The molecule has 0 N–H and O–H groups in total. The lowest BCUT2D eigenvalue weighted by atomic mass is 9.80. The van der Waals surface area contributed by atoms with Crippen molar-refractivity contribution in [3.05, 3.63) is 58.9 Å². The zero-order valence-electron chi connectivity index (χ0n) is 18.1. The predicted molar refractivity (Wildman–Crippen MR) is 114 cm³/mol. The van der Waals surface area contributed by atoms with Crippen molar-refractivity contribution >= 4 is 5.65 Å². The van der Waals surface area contributed by atoms with Crippen LogP contribution in [0.15, 0.2) is 30.5 Å². The summed E-state index contributed by atoms with van der Waals surface area (Å²) in [6, 6.07) is 6.77. The average molecular weight is 427 g/mol. The molecule has 4 heterocycles. The van der Waals surface area contributed by atoms with Gasteiger partial charge in [0.15, 0.2) is 0 Å². The highest BCUT2D eigenvalue weighted by molar-refractivity contribution is 5.69. The number of aromatic nitrogens is 2. The van der Waals surface area contributed by atoms with Crippen LogP contribution in [0, 0.1) is 18.6 Å². The Balaban J connectivity index is 1.62. The van der Waals surface area contributed by atoms with E-state index in [1.807, 2.05) is 36.6 Å². The Hall–Kier alpha value is -2.35. The predicted octanol–water partition coefficient (Wildman–Crippen LogP) is 3.75. The number of halogens is 2. The molecule has 3 aromatic rings. The smallest absolute Gasteiger partial charge is 0.137 e. The van der Waals surface area contributed by atoms with E-state index in [1.165, 1.54) is 12.1 Å². The molecule has 0 radical (unpaired) electrons. The van der Waals surface area contributed by atoms with Crippen molar-refractivity contribution in [2.24, 2.45) is 0 Å². The number of benzene rings is 1. The standard InChI is InChI=1S/C24H27F2N3O2/c1-15-4-5-29-20(11-17-12-28(3)6-7-31-17)23(27-21(29)8-15)22-18(25)9-16(10-19(22)26)24(2)13-30-14-24/h4-5,8-10,17H,6-7,11-14H2,1-3H3. The van der Waals surface area contributed by atoms with Crippen molar-refractivity contribution in [1.82, 2.24) is 14.3 Å². The van der Waals surface area contributed by atoms with Gasteiger partial charge < -0.3 is 18.8 Å². The highest BCUT2D eigenvalue weighted by Gasteiger charge is 2.37. The highest BCUT2D eigenvalue weighted by Crippen LogP contribution is 2.37. The average Bonchev–Trinajstić information content (AvgIpc) is 3.02. The first kappa shape index (κ1) is 20.5. The summed E-state index contributed by atoms with van der Waals surface area (Å²) in [5.41, 5.74) is 3.02. The lowest BCUT2D eigenvalue weighted by molar-refractivity contribution is -0.0502. The van der Waals surface area contributed by atoms with Crippen LogP contribution in [0.2, 0.25) is 0 Å². The highest BCUT2D eigenvalue weighted by atomic mass is 19.1. The van der Waals surface area contributed by atoms with Crippen molar-refractivity contribution in [3.63, 3.8) is 0 Å². The second-order valence-electron chi connectivity index (χ2n) is 9.17. The van der Waals surface area contributed by atoms with Crippen LogP contribution in [0.3, 0.4) is 0 Å². The largest absolute Gasteiger partial charge is 0.379 e. The molecule has 0 spiro atoms. The summed E-state index contributed by atoms with van der Waals surface area (Å²) in [4.78, 5) is 6.87. The molecule has 0 amide bonds. The van der Waals surface area contributed by atoms with E-state index >= 15 is 8.78 Å². The molecular weight excluding hydrogens is 400 g/mol. The van der Waals surface area contributed by atoms with E-state index in [9.17, 15) is 0 Å². The molecule has 2 fully saturated rings. The molecule has 0 bridgehead atoms. The summed E-state index contributed by atoms with van der Waals surface area (Å²) in [5.74, 6) is -1.18. The fraction of sp³-hybridized carbons (Fsp3) is 0.458. The fourth-order valence-corrected chi connectivity index (χ4v) is 4.52. The Morgan fingerprint density at radius 2 is 1.94 bits per heavy atom. The van der Waals surface area contributed by atoms with Crippen molar-refractivity contribution in [3.8, 4) is 11.3 Å². The number of likely N-dealkylation sites (N-methyl/N-ethyl adjacent to an activating group) is 1. The third-order valence-corrected chi connectivity index (χ3v) is 6.46. The number of fused-ring (bicyclic) bond motifs is 1. The van der Waals surface area contributed by atoms with Gasteiger partial charge in [-0.25, -0.2) is 13.8 Å². The van der Waals surface area contributed by atoms with Gasteiger partial charge in [-0.05, 0) is 49.4 Å². The Bertz CT molecular complexity index is 1120. The molecule has 2 aromatic heterocycles. The summed E-state index contributed by atoms with van der Waals surface area (Å²) in [5, 5.41) is 0. The van der Waals surface area contributed by atoms with Gasteiger partial charge in [0.05, 0.1) is 42.9 Å². The van der Waals surface area contributed by atoms with Crippen LogP contribution in [0.5, 0.6) is 0 Å². The lowest BCUT2D eigenvalue weighted by Gasteiger charge is -2.38. The molecule has 1 aromatic carbocycles. The maximum atomic E-state index is 15.3. The molecule has 0 aliphatic carbocycles. The maximum absolute atomic E-state index is 15.3. The quantitative estimate of drug-likeness (QED) is 0.636. The summed E-state index contributed by atoms with van der Waals surface area (Å²) in [7, 11) is 2.05. The van der Waals surface area contributed by atoms with E-state index in [0.717, 1.165) is 24.3 Å². The summed E-state index contributed by atoms with van der Waals surface area (Å²) < 4.78 is 43.8. The molecule has 2 aliphatic rings. The minimum atomic E-state index is -0.591. The maximum Gasteiger partial charge on any atom is 0.137 e. The molecule has 164 valence electrons. The number of hydrogen-bond acceptors (Lipinski definition) is 4. The van der Waals surface area contributed by atoms with E-state index in [4.69, 9.17) is 9.47 Å². The number of rotatable bonds is 4. The summed E-state index contributed by atoms with van der Waals surface area (Å²) >= 11 is 0. The fourth-order valence-electron chi connectivity index (χ4n) is 4.52. The minimum Gasteiger partial charge on any atom is -0.379 e. The van der Waals surface area contributed by atoms with Crippen molar-refractivity contribution in [2.75, 3.05) is 40.0 Å². The summed E-state index contributed by atoms with van der Waals surface area (Å²) in [6.45, 7) is 7.16. The van der Waals surface area contributed by atoms with E-state index in [1.54, 1.807) is 0 Å². The Morgan fingerprint density at radius 3 is 2.58 bits per heavy atom. The van der Waals surface area contributed by atoms with Crippen LogP contribution in [-0.2, 0) is 21.3 Å². The van der Waals surface area contributed by atoms with Gasteiger partial charge in [-0.15, -0.1) is 0 Å². The Kier molecular flexibility index (Phi) is 5.07. The van der Waals surface area contributed by atoms with Gasteiger partial charge in [-0.3, -0.25) is 0 Å². The first-order valence-electron chi connectivity index (χ1n) is 10.7. The topological polar surface area (TPSA) is 39.0 Å². The van der Waals surface area contributed by atoms with E-state index < -0.39 is 11.6 Å². The number of hydrogen-bond donors (Lipinski definition) is 0. The number of nitrogens with zero attached hydrogens (tertiary/aromatic N) is 3. The first-order chi connectivity index (χ1) is 14.8. The van der Waals surface area contributed by atoms with Crippen LogP contribution in [-0.4, -0.2) is 60.3 Å². The number of imidazole rings is 1. The Morgan fingerprint density at radius 1 is 1.19 bits per heavy atom. The lowest BCUT2D eigenvalue weighted by Crippen LogP contribution is -2.44. The third kappa shape index (κ3) is 3.64. The van der Waals surface area contributed by atoms with Crippen molar-refractivity contribution < 1.29 is 18.3 Å². The van der Waals surface area contributed by atoms with Gasteiger partial charge in [0.2, 0.25) is 0 Å². The van der Waals surface area contributed by atoms with Crippen molar-refractivity contribution in [2.45, 2.75) is 31.8 Å². The second kappa shape index (κ2) is 7.65. The molecule has 2 aliphatic heterocycles. The van der Waals surface area contributed by atoms with Gasteiger partial charge in [-0.1, -0.05) is 6.92 Å². The summed E-state index contributed by atoms with van der Waals surface area (Å²) in [6.07, 6.45) is 2.38.